The Balaban J connectivity index is 1.52. The molecule has 0 unspecified atom stereocenters. The van der Waals surface area contributed by atoms with E-state index in [1.807, 2.05) is 0 Å². The van der Waals surface area contributed by atoms with Crippen LogP contribution in [0.1, 0.15) is 23.8 Å². The van der Waals surface area contributed by atoms with Crippen LogP contribution in [0.2, 0.25) is 0 Å². The number of aryl methyl sites for hydroxylation is 1. The van der Waals surface area contributed by atoms with Crippen molar-refractivity contribution in [2.45, 2.75) is 36.4 Å². The van der Waals surface area contributed by atoms with Crippen molar-refractivity contribution in [1.29, 1.82) is 0 Å². The van der Waals surface area contributed by atoms with Gasteiger partial charge in [-0.15, -0.1) is 21.5 Å². The minimum absolute atomic E-state index is 0.169. The molecular formula is C19H15FN4OS2. The molecule has 1 aromatic carbocycles. The smallest absolute Gasteiger partial charge is 0.283 e. The fourth-order valence-corrected chi connectivity index (χ4v) is 5.61. The summed E-state index contributed by atoms with van der Waals surface area (Å²) < 4.78 is 19.6. The van der Waals surface area contributed by atoms with Crippen LogP contribution in [0.5, 0.6) is 0 Å². The van der Waals surface area contributed by atoms with Crippen LogP contribution >= 0.6 is 23.1 Å². The van der Waals surface area contributed by atoms with Crippen molar-refractivity contribution in [3.05, 3.63) is 46.9 Å². The third-order valence-corrected chi connectivity index (χ3v) is 6.76. The fourth-order valence-electron chi connectivity index (χ4n) is 3.40. The van der Waals surface area contributed by atoms with Gasteiger partial charge in [-0.3, -0.25) is 0 Å². The van der Waals surface area contributed by atoms with Gasteiger partial charge < -0.3 is 4.42 Å². The number of rotatable bonds is 3. The number of thiophene rings is 1. The number of halogens is 1. The minimum Gasteiger partial charge on any atom is -0.411 e. The van der Waals surface area contributed by atoms with Gasteiger partial charge in [0.1, 0.15) is 22.0 Å². The van der Waals surface area contributed by atoms with Gasteiger partial charge in [0.25, 0.3) is 11.1 Å². The van der Waals surface area contributed by atoms with Crippen molar-refractivity contribution in [1.82, 2.24) is 20.2 Å². The van der Waals surface area contributed by atoms with Crippen LogP contribution in [-0.4, -0.2) is 20.2 Å². The molecule has 0 saturated heterocycles. The number of hydrogen-bond acceptors (Lipinski definition) is 7. The van der Waals surface area contributed by atoms with E-state index in [9.17, 15) is 4.39 Å². The van der Waals surface area contributed by atoms with Crippen LogP contribution in [0.4, 0.5) is 4.39 Å². The molecule has 136 valence electrons. The quantitative estimate of drug-likeness (QED) is 0.444. The van der Waals surface area contributed by atoms with Crippen LogP contribution < -0.4 is 0 Å². The maximum Gasteiger partial charge on any atom is 0.283 e. The van der Waals surface area contributed by atoms with Gasteiger partial charge in [0, 0.05) is 10.3 Å². The predicted molar refractivity (Wildman–Crippen MR) is 102 cm³/mol. The van der Waals surface area contributed by atoms with Gasteiger partial charge in [-0.05, 0) is 54.6 Å². The molecule has 27 heavy (non-hydrogen) atoms. The highest BCUT2D eigenvalue weighted by atomic mass is 32.2. The second-order valence-corrected chi connectivity index (χ2v) is 8.69. The van der Waals surface area contributed by atoms with Crippen molar-refractivity contribution in [3.63, 3.8) is 0 Å². The highest BCUT2D eigenvalue weighted by Gasteiger charge is 2.24. The Hall–Kier alpha value is -2.32. The molecule has 1 atom stereocenters. The summed E-state index contributed by atoms with van der Waals surface area (Å²) in [5.74, 6) is 0.485. The first-order valence-corrected chi connectivity index (χ1v) is 10.3. The number of fused-ring (bicyclic) bond motifs is 3. The molecule has 0 bridgehead atoms. The summed E-state index contributed by atoms with van der Waals surface area (Å²) in [5, 5.41) is 10.3. The first kappa shape index (κ1) is 16.8. The molecule has 5 rings (SSSR count). The van der Waals surface area contributed by atoms with Gasteiger partial charge in [0.05, 0.1) is 5.56 Å². The molecule has 8 heteroatoms. The molecule has 1 aliphatic rings. The van der Waals surface area contributed by atoms with E-state index < -0.39 is 0 Å². The summed E-state index contributed by atoms with van der Waals surface area (Å²) in [4.78, 5) is 11.3. The Labute approximate surface area is 163 Å². The van der Waals surface area contributed by atoms with Crippen LogP contribution in [0.3, 0.4) is 0 Å². The summed E-state index contributed by atoms with van der Waals surface area (Å²) in [6, 6.07) is 6.36. The third-order valence-electron chi connectivity index (χ3n) is 4.75. The molecule has 0 N–H and O–H groups in total. The number of benzene rings is 1. The molecule has 3 heterocycles. The standard InChI is InChI=1S/C19H15FN4OS2/c1-10-6-7-12-14(8-10)26-17-15(12)18(22-9-21-17)27-19-24-23-16(25-19)11-4-2-3-5-13(11)20/h2-5,9-10H,6-8H2,1H3/t10-/m1/s1. The van der Waals surface area contributed by atoms with Crippen LogP contribution in [0.15, 0.2) is 45.3 Å². The molecule has 3 aromatic heterocycles. The van der Waals surface area contributed by atoms with Crippen LogP contribution in [0, 0.1) is 11.7 Å². The molecule has 5 nitrogen and oxygen atoms in total. The Morgan fingerprint density at radius 3 is 3.00 bits per heavy atom. The predicted octanol–water partition coefficient (Wildman–Crippen LogP) is 5.16. The maximum absolute atomic E-state index is 13.9. The molecule has 0 spiro atoms. The lowest BCUT2D eigenvalue weighted by atomic mass is 9.89. The highest BCUT2D eigenvalue weighted by Crippen LogP contribution is 2.42. The van der Waals surface area contributed by atoms with E-state index in [-0.39, 0.29) is 11.7 Å². The normalized spacial score (nSPS) is 16.6. The van der Waals surface area contributed by atoms with E-state index in [0.29, 0.717) is 16.7 Å². The molecule has 0 fully saturated rings. The maximum atomic E-state index is 13.9. The molecule has 4 aromatic rings. The largest absolute Gasteiger partial charge is 0.411 e. The highest BCUT2D eigenvalue weighted by molar-refractivity contribution is 7.99. The lowest BCUT2D eigenvalue weighted by molar-refractivity contribution is 0.462. The van der Waals surface area contributed by atoms with Crippen molar-refractivity contribution in [2.24, 2.45) is 5.92 Å². The molecule has 1 aliphatic carbocycles. The summed E-state index contributed by atoms with van der Waals surface area (Å²) in [6.45, 7) is 2.29. The monoisotopic (exact) mass is 398 g/mol. The summed E-state index contributed by atoms with van der Waals surface area (Å²) >= 11 is 3.06. The van der Waals surface area contributed by atoms with Gasteiger partial charge in [0.15, 0.2) is 0 Å². The number of nitrogens with zero attached hydrogens (tertiary/aromatic N) is 4. The zero-order valence-electron chi connectivity index (χ0n) is 14.5. The van der Waals surface area contributed by atoms with Crippen molar-refractivity contribution in [2.75, 3.05) is 0 Å². The molecule has 0 saturated carbocycles. The van der Waals surface area contributed by atoms with Gasteiger partial charge in [-0.25, -0.2) is 14.4 Å². The van der Waals surface area contributed by atoms with Crippen molar-refractivity contribution < 1.29 is 8.81 Å². The van der Waals surface area contributed by atoms with Crippen LogP contribution in [-0.2, 0) is 12.8 Å². The topological polar surface area (TPSA) is 64.7 Å². The average Bonchev–Trinajstić information content (AvgIpc) is 3.26. The van der Waals surface area contributed by atoms with E-state index in [2.05, 4.69) is 27.1 Å². The first-order valence-electron chi connectivity index (χ1n) is 8.70. The van der Waals surface area contributed by atoms with E-state index in [4.69, 9.17) is 4.42 Å². The lowest BCUT2D eigenvalue weighted by Crippen LogP contribution is -2.08. The van der Waals surface area contributed by atoms with Gasteiger partial charge in [0.2, 0.25) is 0 Å². The van der Waals surface area contributed by atoms with E-state index in [1.54, 1.807) is 35.9 Å². The Morgan fingerprint density at radius 1 is 1.22 bits per heavy atom. The number of aromatic nitrogens is 4. The Kier molecular flexibility index (Phi) is 4.17. The van der Waals surface area contributed by atoms with Crippen molar-refractivity contribution >= 4 is 33.3 Å². The zero-order valence-corrected chi connectivity index (χ0v) is 16.1. The van der Waals surface area contributed by atoms with E-state index >= 15 is 0 Å². The number of hydrogen-bond donors (Lipinski definition) is 0. The average molecular weight is 398 g/mol. The fraction of sp³-hybridized carbons (Fsp3) is 0.263. The van der Waals surface area contributed by atoms with Gasteiger partial charge in [-0.1, -0.05) is 19.1 Å². The molecule has 0 amide bonds. The Bertz CT molecular complexity index is 1140. The SMILES string of the molecule is C[C@@H]1CCc2c(sc3ncnc(Sc4nnc(-c5ccccc5F)o4)c23)C1. The zero-order chi connectivity index (χ0) is 18.4. The van der Waals surface area contributed by atoms with Crippen molar-refractivity contribution in [3.8, 4) is 11.5 Å². The summed E-state index contributed by atoms with van der Waals surface area (Å²) in [6.07, 6.45) is 4.89. The van der Waals surface area contributed by atoms with Crippen LogP contribution in [0.25, 0.3) is 21.7 Å². The Morgan fingerprint density at radius 2 is 2.11 bits per heavy atom. The van der Waals surface area contributed by atoms with E-state index in [1.165, 1.54) is 34.7 Å². The first-order chi connectivity index (χ1) is 13.2. The minimum atomic E-state index is -0.386. The van der Waals surface area contributed by atoms with E-state index in [0.717, 1.165) is 28.1 Å². The lowest BCUT2D eigenvalue weighted by Gasteiger charge is -2.17. The van der Waals surface area contributed by atoms with Gasteiger partial charge >= 0.3 is 0 Å². The second kappa shape index (κ2) is 6.69. The summed E-state index contributed by atoms with van der Waals surface area (Å²) in [5.41, 5.74) is 1.65. The molecular weight excluding hydrogens is 383 g/mol. The molecule has 0 aliphatic heterocycles. The summed E-state index contributed by atoms with van der Waals surface area (Å²) in [7, 11) is 0. The second-order valence-electron chi connectivity index (χ2n) is 6.67. The molecule has 0 radical (unpaired) electrons. The third kappa shape index (κ3) is 3.02. The van der Waals surface area contributed by atoms with Gasteiger partial charge in [-0.2, -0.15) is 0 Å².